The number of amides is 1. The third-order valence-electron chi connectivity index (χ3n) is 9.98. The van der Waals surface area contributed by atoms with Gasteiger partial charge in [-0.15, -0.1) is 0 Å². The molecule has 1 amide bonds. The number of carbonyl (C=O) groups is 2. The van der Waals surface area contributed by atoms with Gasteiger partial charge in [-0.3, -0.25) is 4.79 Å². The van der Waals surface area contributed by atoms with Gasteiger partial charge >= 0.3 is 5.97 Å². The Labute approximate surface area is 246 Å². The third-order valence-corrected chi connectivity index (χ3v) is 9.98. The van der Waals surface area contributed by atoms with Crippen LogP contribution < -0.4 is 10.2 Å². The molecule has 1 heterocycles. The molecule has 3 aromatic rings. The minimum atomic E-state index is -0.390. The lowest BCUT2D eigenvalue weighted by Gasteiger charge is -2.57. The average molecular weight is 570 g/mol. The molecule has 220 valence electrons. The van der Waals surface area contributed by atoms with Gasteiger partial charge in [0.25, 0.3) is 5.91 Å². The van der Waals surface area contributed by atoms with Gasteiger partial charge < -0.3 is 14.2 Å². The number of fused-ring (bicyclic) bond motifs is 1. The van der Waals surface area contributed by atoms with Crippen molar-refractivity contribution in [3.63, 3.8) is 0 Å². The van der Waals surface area contributed by atoms with Crippen LogP contribution in [0.4, 0.5) is 0 Å². The fourth-order valence-corrected chi connectivity index (χ4v) is 8.47. The molecule has 1 N–H and O–H groups in total. The first-order chi connectivity index (χ1) is 20.5. The Morgan fingerprint density at radius 2 is 1.57 bits per heavy atom. The molecule has 7 nitrogen and oxygen atoms in total. The van der Waals surface area contributed by atoms with Crippen molar-refractivity contribution in [3.05, 3.63) is 65.7 Å². The maximum atomic E-state index is 12.7. The van der Waals surface area contributed by atoms with Crippen LogP contribution in [0.5, 0.6) is 5.75 Å². The van der Waals surface area contributed by atoms with E-state index < -0.39 is 6.29 Å². The van der Waals surface area contributed by atoms with Crippen molar-refractivity contribution >= 4 is 22.6 Å². The van der Waals surface area contributed by atoms with Crippen molar-refractivity contribution in [2.24, 2.45) is 17.8 Å². The molecule has 0 aromatic heterocycles. The topological polar surface area (TPSA) is 83.1 Å². The van der Waals surface area contributed by atoms with Gasteiger partial charge in [-0.2, -0.15) is 0 Å². The van der Waals surface area contributed by atoms with Gasteiger partial charge in [0.2, 0.25) is 0 Å². The van der Waals surface area contributed by atoms with E-state index in [1.165, 1.54) is 51.2 Å². The van der Waals surface area contributed by atoms with E-state index >= 15 is 0 Å². The lowest BCUT2D eigenvalue weighted by atomic mass is 9.48. The molecule has 0 spiro atoms. The fraction of sp³-hybridized carbons (Fsp3) is 0.486. The summed E-state index contributed by atoms with van der Waals surface area (Å²) in [5, 5.41) is 2.06. The van der Waals surface area contributed by atoms with Crippen molar-refractivity contribution in [1.82, 2.24) is 5.48 Å². The lowest BCUT2D eigenvalue weighted by molar-refractivity contribution is -0.201. The van der Waals surface area contributed by atoms with Crippen molar-refractivity contribution < 1.29 is 28.6 Å². The maximum absolute atomic E-state index is 12.7. The van der Waals surface area contributed by atoms with E-state index in [9.17, 15) is 9.59 Å². The second kappa shape index (κ2) is 11.3. The molecule has 7 heteroatoms. The highest BCUT2D eigenvalue weighted by atomic mass is 16.8. The zero-order valence-corrected chi connectivity index (χ0v) is 24.2. The molecule has 4 saturated carbocycles. The molecule has 42 heavy (non-hydrogen) atoms. The molecule has 5 fully saturated rings. The molecule has 8 rings (SSSR count). The first-order valence-electron chi connectivity index (χ1n) is 15.4. The summed E-state index contributed by atoms with van der Waals surface area (Å²) >= 11 is 0. The van der Waals surface area contributed by atoms with Crippen LogP contribution in [0, 0.1) is 17.8 Å². The van der Waals surface area contributed by atoms with Crippen molar-refractivity contribution in [3.8, 4) is 16.9 Å². The molecular weight excluding hydrogens is 530 g/mol. The number of esters is 1. The number of hydrogen-bond donors (Lipinski definition) is 1. The van der Waals surface area contributed by atoms with Crippen LogP contribution in [0.3, 0.4) is 0 Å². The number of benzene rings is 3. The summed E-state index contributed by atoms with van der Waals surface area (Å²) in [6, 6.07) is 18.5. The van der Waals surface area contributed by atoms with Gasteiger partial charge in [0.05, 0.1) is 12.7 Å². The molecule has 4 aliphatic carbocycles. The summed E-state index contributed by atoms with van der Waals surface area (Å²) in [5.41, 5.74) is 6.66. The number of carbonyl (C=O) groups excluding carboxylic acids is 2. The summed E-state index contributed by atoms with van der Waals surface area (Å²) in [6.45, 7) is 0.549. The van der Waals surface area contributed by atoms with Crippen LogP contribution in [-0.2, 0) is 24.5 Å². The molecule has 1 aliphatic heterocycles. The average Bonchev–Trinajstić information content (AvgIpc) is 3.01. The molecular formula is C35H39NO6. The fourth-order valence-electron chi connectivity index (χ4n) is 8.47. The zero-order chi connectivity index (χ0) is 28.7. The van der Waals surface area contributed by atoms with Gasteiger partial charge in [-0.05, 0) is 127 Å². The predicted molar refractivity (Wildman–Crippen MR) is 159 cm³/mol. The highest BCUT2D eigenvalue weighted by Crippen LogP contribution is 2.62. The minimum Gasteiger partial charge on any atom is -0.483 e. The van der Waals surface area contributed by atoms with Gasteiger partial charge in [0.15, 0.2) is 12.9 Å². The summed E-state index contributed by atoms with van der Waals surface area (Å²) in [7, 11) is 1.40. The maximum Gasteiger partial charge on any atom is 0.337 e. The van der Waals surface area contributed by atoms with Gasteiger partial charge in [0.1, 0.15) is 5.75 Å². The van der Waals surface area contributed by atoms with E-state index in [4.69, 9.17) is 19.0 Å². The molecule has 1 unspecified atom stereocenters. The monoisotopic (exact) mass is 569 g/mol. The largest absolute Gasteiger partial charge is 0.483 e. The van der Waals surface area contributed by atoms with Crippen LogP contribution in [0.15, 0.2) is 54.6 Å². The Morgan fingerprint density at radius 3 is 2.29 bits per heavy atom. The summed E-state index contributed by atoms with van der Waals surface area (Å²) in [6.07, 6.45) is 10.1. The second-order valence-corrected chi connectivity index (χ2v) is 12.9. The standard InChI is InChI=1S/C35H39NO6/c1-39-34(38)29-8-7-25-15-26(5-6-27(25)16-29)28-9-10-31(41-21-32(37)36-42-33-4-2-3-11-40-33)30(17-28)35-18-22-12-23(19-35)14-24(13-22)20-35/h5-10,15-17,22-24,33H,2-4,11-14,18-21H2,1H3,(H,36,37). The molecule has 4 bridgehead atoms. The number of nitrogens with one attached hydrogen (secondary N) is 1. The number of methoxy groups -OCH3 is 1. The Kier molecular flexibility index (Phi) is 7.40. The van der Waals surface area contributed by atoms with Crippen molar-refractivity contribution in [2.75, 3.05) is 20.3 Å². The van der Waals surface area contributed by atoms with E-state index in [0.29, 0.717) is 12.2 Å². The molecule has 3 aromatic carbocycles. The Morgan fingerprint density at radius 1 is 0.881 bits per heavy atom. The van der Waals surface area contributed by atoms with E-state index in [1.807, 2.05) is 24.3 Å². The quantitative estimate of drug-likeness (QED) is 0.240. The van der Waals surface area contributed by atoms with Gasteiger partial charge in [-0.25, -0.2) is 15.1 Å². The smallest absolute Gasteiger partial charge is 0.337 e. The Hall–Kier alpha value is -3.42. The van der Waals surface area contributed by atoms with E-state index in [0.717, 1.165) is 64.7 Å². The summed E-state index contributed by atoms with van der Waals surface area (Å²) in [5.74, 6) is 2.50. The van der Waals surface area contributed by atoms with Crippen LogP contribution in [0.25, 0.3) is 21.9 Å². The molecule has 5 aliphatic rings. The normalized spacial score (nSPS) is 28.0. The van der Waals surface area contributed by atoms with Crippen molar-refractivity contribution in [2.45, 2.75) is 69.5 Å². The highest BCUT2D eigenvalue weighted by molar-refractivity contribution is 5.96. The summed E-state index contributed by atoms with van der Waals surface area (Å²) < 4.78 is 16.7. The zero-order valence-electron chi connectivity index (χ0n) is 24.2. The minimum absolute atomic E-state index is 0.0925. The van der Waals surface area contributed by atoms with Crippen LogP contribution >= 0.6 is 0 Å². The number of hydrogen-bond acceptors (Lipinski definition) is 6. The molecule has 0 radical (unpaired) electrons. The first kappa shape index (κ1) is 27.4. The number of ether oxygens (including phenoxy) is 3. The van der Waals surface area contributed by atoms with Crippen molar-refractivity contribution in [1.29, 1.82) is 0 Å². The number of rotatable bonds is 8. The second-order valence-electron chi connectivity index (χ2n) is 12.9. The lowest BCUT2D eigenvalue weighted by Crippen LogP contribution is -2.48. The Balaban J connectivity index is 1.17. The highest BCUT2D eigenvalue weighted by Gasteiger charge is 2.52. The van der Waals surface area contributed by atoms with Gasteiger partial charge in [-0.1, -0.05) is 24.3 Å². The first-order valence-corrected chi connectivity index (χ1v) is 15.4. The molecule has 1 atom stereocenters. The van der Waals surface area contributed by atoms with E-state index in [2.05, 4.69) is 35.8 Å². The SMILES string of the molecule is COC(=O)c1ccc2cc(-c3ccc(OCC(=O)NOC4CCCCO4)c(C45CC6CC(CC(C6)C4)C5)c3)ccc2c1. The van der Waals surface area contributed by atoms with Gasteiger partial charge in [0, 0.05) is 18.6 Å². The molecule has 1 saturated heterocycles. The summed E-state index contributed by atoms with van der Waals surface area (Å²) in [4.78, 5) is 30.2. The van der Waals surface area contributed by atoms with E-state index in [1.54, 1.807) is 0 Å². The van der Waals surface area contributed by atoms with E-state index in [-0.39, 0.29) is 23.9 Å². The third kappa shape index (κ3) is 5.40. The van der Waals surface area contributed by atoms with Crippen LogP contribution in [-0.4, -0.2) is 38.5 Å². The van der Waals surface area contributed by atoms with Crippen LogP contribution in [0.1, 0.15) is 73.7 Å². The predicted octanol–water partition coefficient (Wildman–Crippen LogP) is 6.71. The Bertz CT molecular complexity index is 1460. The number of hydroxylamine groups is 1. The van der Waals surface area contributed by atoms with Crippen LogP contribution in [0.2, 0.25) is 0 Å².